The van der Waals surface area contributed by atoms with E-state index < -0.39 is 10.2 Å². The van der Waals surface area contributed by atoms with Gasteiger partial charge in [-0.2, -0.15) is 12.7 Å². The highest BCUT2D eigenvalue weighted by molar-refractivity contribution is 9.10. The van der Waals surface area contributed by atoms with Crippen LogP contribution in [-0.2, 0) is 10.2 Å². The van der Waals surface area contributed by atoms with Gasteiger partial charge in [0.1, 0.15) is 0 Å². The molecule has 1 aromatic carbocycles. The van der Waals surface area contributed by atoms with E-state index in [1.807, 2.05) is 0 Å². The van der Waals surface area contributed by atoms with Gasteiger partial charge in [-0.25, -0.2) is 0 Å². The van der Waals surface area contributed by atoms with E-state index in [2.05, 4.69) is 27.6 Å². The van der Waals surface area contributed by atoms with Crippen LogP contribution < -0.4 is 4.72 Å². The lowest BCUT2D eigenvalue weighted by atomic mass is 10.0. The summed E-state index contributed by atoms with van der Waals surface area (Å²) >= 11 is 9.14. The molecule has 7 heteroatoms. The summed E-state index contributed by atoms with van der Waals surface area (Å²) in [5.41, 5.74) is 0.502. The van der Waals surface area contributed by atoms with Gasteiger partial charge in [-0.15, -0.1) is 0 Å². The molecule has 0 aromatic heterocycles. The van der Waals surface area contributed by atoms with Crippen LogP contribution in [0.2, 0.25) is 5.02 Å². The maximum absolute atomic E-state index is 12.3. The first kappa shape index (κ1) is 15.1. The molecule has 0 bridgehead atoms. The van der Waals surface area contributed by atoms with Crippen molar-refractivity contribution in [3.05, 3.63) is 27.7 Å². The molecule has 1 aliphatic rings. The summed E-state index contributed by atoms with van der Waals surface area (Å²) in [4.78, 5) is 0. The number of halogens is 2. The van der Waals surface area contributed by atoms with E-state index in [-0.39, 0.29) is 0 Å². The first-order valence-electron chi connectivity index (χ1n) is 6.11. The molecular formula is C12H16BrClN2O2S. The lowest BCUT2D eigenvalue weighted by molar-refractivity contribution is 0.282. The summed E-state index contributed by atoms with van der Waals surface area (Å²) in [5.74, 6) is 0.402. The molecular weight excluding hydrogens is 352 g/mol. The lowest BCUT2D eigenvalue weighted by Gasteiger charge is -2.30. The number of nitrogens with one attached hydrogen (secondary N) is 1. The molecule has 1 atom stereocenters. The zero-order valence-electron chi connectivity index (χ0n) is 10.6. The largest absolute Gasteiger partial charge is 0.301 e. The van der Waals surface area contributed by atoms with Crippen LogP contribution in [0.15, 0.2) is 22.7 Å². The molecule has 4 nitrogen and oxygen atoms in total. The molecule has 1 fully saturated rings. The van der Waals surface area contributed by atoms with E-state index in [4.69, 9.17) is 11.6 Å². The normalized spacial score (nSPS) is 21.3. The van der Waals surface area contributed by atoms with Crippen LogP contribution in [0.25, 0.3) is 0 Å². The van der Waals surface area contributed by atoms with Crippen LogP contribution in [0.5, 0.6) is 0 Å². The van der Waals surface area contributed by atoms with Crippen molar-refractivity contribution in [2.45, 2.75) is 19.8 Å². The van der Waals surface area contributed by atoms with Gasteiger partial charge in [0.2, 0.25) is 0 Å². The third kappa shape index (κ3) is 3.84. The Morgan fingerprint density at radius 3 is 2.84 bits per heavy atom. The predicted molar refractivity (Wildman–Crippen MR) is 81.7 cm³/mol. The van der Waals surface area contributed by atoms with E-state index in [9.17, 15) is 8.42 Å². The minimum absolute atomic E-state index is 0.402. The Labute approximate surface area is 127 Å². The highest BCUT2D eigenvalue weighted by Gasteiger charge is 2.27. The fourth-order valence-electron chi connectivity index (χ4n) is 2.14. The molecule has 1 N–H and O–H groups in total. The second-order valence-corrected chi connectivity index (χ2v) is 7.80. The molecule has 0 saturated carbocycles. The lowest BCUT2D eigenvalue weighted by Crippen LogP contribution is -2.42. The average molecular weight is 368 g/mol. The van der Waals surface area contributed by atoms with Gasteiger partial charge < -0.3 is 0 Å². The second-order valence-electron chi connectivity index (χ2n) is 4.84. The van der Waals surface area contributed by atoms with Crippen molar-refractivity contribution in [2.75, 3.05) is 17.8 Å². The quantitative estimate of drug-likeness (QED) is 0.889. The molecule has 106 valence electrons. The van der Waals surface area contributed by atoms with E-state index in [0.29, 0.717) is 34.2 Å². The zero-order chi connectivity index (χ0) is 14.0. The van der Waals surface area contributed by atoms with Crippen molar-refractivity contribution in [3.63, 3.8) is 0 Å². The third-order valence-electron chi connectivity index (χ3n) is 3.13. The highest BCUT2D eigenvalue weighted by atomic mass is 79.9. The molecule has 0 spiro atoms. The molecule has 1 aliphatic heterocycles. The average Bonchev–Trinajstić information content (AvgIpc) is 2.33. The van der Waals surface area contributed by atoms with Gasteiger partial charge in [0.25, 0.3) is 0 Å². The molecule has 1 aromatic rings. The summed E-state index contributed by atoms with van der Waals surface area (Å²) in [6, 6.07) is 4.97. The zero-order valence-corrected chi connectivity index (χ0v) is 13.7. The van der Waals surface area contributed by atoms with Crippen molar-refractivity contribution in [1.82, 2.24) is 4.31 Å². The Morgan fingerprint density at radius 2 is 2.21 bits per heavy atom. The van der Waals surface area contributed by atoms with E-state index in [1.165, 1.54) is 4.31 Å². The van der Waals surface area contributed by atoms with Crippen LogP contribution >= 0.6 is 27.5 Å². The predicted octanol–water partition coefficient (Wildman–Crippen LogP) is 3.49. The fraction of sp³-hybridized carbons (Fsp3) is 0.500. The minimum atomic E-state index is -3.49. The van der Waals surface area contributed by atoms with Gasteiger partial charge in [-0.3, -0.25) is 4.72 Å². The van der Waals surface area contributed by atoms with E-state index in [1.54, 1.807) is 18.2 Å². The summed E-state index contributed by atoms with van der Waals surface area (Å²) in [5, 5.41) is 0.557. The number of anilines is 1. The van der Waals surface area contributed by atoms with Crippen molar-refractivity contribution < 1.29 is 8.42 Å². The van der Waals surface area contributed by atoms with Crippen LogP contribution in [-0.4, -0.2) is 25.8 Å². The van der Waals surface area contributed by atoms with Crippen LogP contribution in [0.4, 0.5) is 5.69 Å². The smallest absolute Gasteiger partial charge is 0.270 e. The molecule has 19 heavy (non-hydrogen) atoms. The Hall–Kier alpha value is -0.300. The third-order valence-corrected chi connectivity index (χ3v) is 5.51. The number of rotatable bonds is 3. The summed E-state index contributed by atoms with van der Waals surface area (Å²) in [7, 11) is -3.49. The molecule has 1 heterocycles. The Bertz CT molecular complexity index is 565. The maximum atomic E-state index is 12.3. The van der Waals surface area contributed by atoms with Crippen LogP contribution in [0.3, 0.4) is 0 Å². The van der Waals surface area contributed by atoms with Gasteiger partial charge in [-0.1, -0.05) is 18.5 Å². The number of hydrogen-bond donors (Lipinski definition) is 1. The van der Waals surface area contributed by atoms with Crippen LogP contribution in [0.1, 0.15) is 19.8 Å². The molecule has 1 unspecified atom stereocenters. The Kier molecular flexibility index (Phi) is 4.76. The van der Waals surface area contributed by atoms with Crippen molar-refractivity contribution >= 4 is 43.4 Å². The standard InChI is InChI=1S/C12H16BrClN2O2S/c1-9-3-2-6-16(8-9)19(17,18)15-12-5-4-10(14)7-11(12)13/h4-5,7,9,15H,2-3,6,8H2,1H3. The second kappa shape index (κ2) is 5.99. The van der Waals surface area contributed by atoms with Gasteiger partial charge in [0.15, 0.2) is 0 Å². The Balaban J connectivity index is 2.16. The number of hydrogen-bond acceptors (Lipinski definition) is 2. The van der Waals surface area contributed by atoms with E-state index in [0.717, 1.165) is 12.8 Å². The number of nitrogens with zero attached hydrogens (tertiary/aromatic N) is 1. The molecule has 2 rings (SSSR count). The highest BCUT2D eigenvalue weighted by Crippen LogP contribution is 2.28. The van der Waals surface area contributed by atoms with Crippen molar-refractivity contribution in [1.29, 1.82) is 0 Å². The summed E-state index contributed by atoms with van der Waals surface area (Å²) in [6.07, 6.45) is 1.99. The van der Waals surface area contributed by atoms with Gasteiger partial charge in [-0.05, 0) is 52.9 Å². The molecule has 0 radical (unpaired) electrons. The first-order valence-corrected chi connectivity index (χ1v) is 8.72. The summed E-state index contributed by atoms with van der Waals surface area (Å²) in [6.45, 7) is 3.21. The molecule has 1 saturated heterocycles. The first-order chi connectivity index (χ1) is 8.88. The number of piperidine rings is 1. The van der Waals surface area contributed by atoms with Gasteiger partial charge in [0, 0.05) is 22.6 Å². The number of benzene rings is 1. The SMILES string of the molecule is CC1CCCN(S(=O)(=O)Nc2ccc(Cl)cc2Br)C1. The van der Waals surface area contributed by atoms with Gasteiger partial charge in [0.05, 0.1) is 5.69 Å². The molecule has 0 amide bonds. The minimum Gasteiger partial charge on any atom is -0.270 e. The maximum Gasteiger partial charge on any atom is 0.301 e. The Morgan fingerprint density at radius 1 is 1.47 bits per heavy atom. The van der Waals surface area contributed by atoms with Crippen molar-refractivity contribution in [3.8, 4) is 0 Å². The monoisotopic (exact) mass is 366 g/mol. The van der Waals surface area contributed by atoms with E-state index >= 15 is 0 Å². The van der Waals surface area contributed by atoms with Gasteiger partial charge >= 0.3 is 10.2 Å². The molecule has 0 aliphatic carbocycles. The van der Waals surface area contributed by atoms with Crippen LogP contribution in [0, 0.1) is 5.92 Å². The fourth-order valence-corrected chi connectivity index (χ4v) is 4.46. The van der Waals surface area contributed by atoms with Crippen molar-refractivity contribution in [2.24, 2.45) is 5.92 Å². The topological polar surface area (TPSA) is 49.4 Å². The summed E-state index contributed by atoms with van der Waals surface area (Å²) < 4.78 is 29.3.